The first kappa shape index (κ1) is 15.1. The summed E-state index contributed by atoms with van der Waals surface area (Å²) in [4.78, 5) is 21.6. The monoisotopic (exact) mass is 286 g/mol. The van der Waals surface area contributed by atoms with Gasteiger partial charge >= 0.3 is 5.97 Å². The van der Waals surface area contributed by atoms with E-state index in [4.69, 9.17) is 5.73 Å². The molecule has 0 aromatic carbocycles. The van der Waals surface area contributed by atoms with E-state index in [2.05, 4.69) is 9.97 Å². The van der Waals surface area contributed by atoms with Gasteiger partial charge < -0.3 is 10.8 Å². The lowest BCUT2D eigenvalue weighted by Crippen LogP contribution is -2.45. The Morgan fingerprint density at radius 2 is 1.62 bits per heavy atom. The van der Waals surface area contributed by atoms with Crippen LogP contribution in [0.1, 0.15) is 11.4 Å². The predicted octanol–water partition coefficient (Wildman–Crippen LogP) is 0.891. The first-order valence-corrected chi connectivity index (χ1v) is 6.67. The van der Waals surface area contributed by atoms with E-state index in [9.17, 15) is 9.90 Å². The molecule has 0 aliphatic rings. The molecule has 0 saturated carbocycles. The van der Waals surface area contributed by atoms with Gasteiger partial charge in [-0.1, -0.05) is 12.1 Å². The van der Waals surface area contributed by atoms with Crippen molar-refractivity contribution < 1.29 is 9.90 Å². The Morgan fingerprint density at radius 3 is 1.95 bits per heavy atom. The highest BCUT2D eigenvalue weighted by molar-refractivity contribution is 5.73. The van der Waals surface area contributed by atoms with Crippen LogP contribution in [0.4, 0.5) is 0 Å². The number of carbonyl (C=O) groups is 1. The van der Waals surface area contributed by atoms with E-state index in [1.54, 1.807) is 17.3 Å². The van der Waals surface area contributed by atoms with Crippen LogP contribution < -0.4 is 5.73 Å². The van der Waals surface area contributed by atoms with Crippen molar-refractivity contribution in [3.8, 4) is 0 Å². The molecule has 0 spiro atoms. The van der Waals surface area contributed by atoms with Gasteiger partial charge in [0.2, 0.25) is 0 Å². The molecule has 0 fully saturated rings. The van der Waals surface area contributed by atoms with E-state index in [0.717, 1.165) is 11.4 Å². The smallest absolute Gasteiger partial charge is 0.322 e. The number of pyridine rings is 2. The van der Waals surface area contributed by atoms with E-state index in [-0.39, 0.29) is 6.54 Å². The van der Waals surface area contributed by atoms with E-state index in [1.807, 2.05) is 36.4 Å². The van der Waals surface area contributed by atoms with Crippen LogP contribution >= 0.6 is 0 Å². The zero-order chi connectivity index (χ0) is 15.1. The van der Waals surface area contributed by atoms with Crippen LogP contribution in [0.5, 0.6) is 0 Å². The highest BCUT2D eigenvalue weighted by atomic mass is 16.4. The number of nitrogens with two attached hydrogens (primary N) is 1. The second-order valence-corrected chi connectivity index (χ2v) is 4.64. The van der Waals surface area contributed by atoms with Crippen LogP contribution in [0.25, 0.3) is 0 Å². The lowest BCUT2D eigenvalue weighted by molar-refractivity contribution is -0.143. The predicted molar refractivity (Wildman–Crippen MR) is 78.2 cm³/mol. The van der Waals surface area contributed by atoms with E-state index in [0.29, 0.717) is 13.1 Å². The molecule has 0 bridgehead atoms. The summed E-state index contributed by atoms with van der Waals surface area (Å²) in [5.41, 5.74) is 7.22. The molecule has 1 unspecified atom stereocenters. The summed E-state index contributed by atoms with van der Waals surface area (Å²) >= 11 is 0. The van der Waals surface area contributed by atoms with Gasteiger partial charge in [-0.25, -0.2) is 0 Å². The zero-order valence-corrected chi connectivity index (χ0v) is 11.6. The molecule has 2 rings (SSSR count). The Kier molecular flexibility index (Phi) is 5.36. The molecule has 1 atom stereocenters. The molecule has 2 heterocycles. The molecule has 0 amide bonds. The number of aromatic nitrogens is 2. The van der Waals surface area contributed by atoms with Gasteiger partial charge in [0, 0.05) is 32.0 Å². The van der Waals surface area contributed by atoms with Crippen LogP contribution in [-0.4, -0.2) is 38.5 Å². The Hall–Kier alpha value is -2.31. The Labute approximate surface area is 123 Å². The number of nitrogens with zero attached hydrogens (tertiary/aromatic N) is 3. The minimum atomic E-state index is -0.940. The molecule has 6 nitrogen and oxygen atoms in total. The van der Waals surface area contributed by atoms with Crippen LogP contribution in [-0.2, 0) is 17.9 Å². The number of hydrogen-bond acceptors (Lipinski definition) is 5. The average Bonchev–Trinajstić information content (AvgIpc) is 2.49. The molecule has 2 aromatic rings. The van der Waals surface area contributed by atoms with Gasteiger partial charge in [0.15, 0.2) is 0 Å². The summed E-state index contributed by atoms with van der Waals surface area (Å²) in [6.45, 7) is 0.853. The first-order chi connectivity index (χ1) is 10.2. The number of carboxylic acid groups (broad SMARTS) is 1. The highest BCUT2D eigenvalue weighted by Gasteiger charge is 2.25. The molecule has 21 heavy (non-hydrogen) atoms. The maximum atomic E-state index is 11.4. The highest BCUT2D eigenvalue weighted by Crippen LogP contribution is 2.11. The fourth-order valence-electron chi connectivity index (χ4n) is 2.08. The first-order valence-electron chi connectivity index (χ1n) is 6.67. The van der Waals surface area contributed by atoms with Crippen molar-refractivity contribution in [2.24, 2.45) is 5.73 Å². The summed E-state index contributed by atoms with van der Waals surface area (Å²) in [5, 5.41) is 9.34. The topological polar surface area (TPSA) is 92.3 Å². The maximum Gasteiger partial charge on any atom is 0.322 e. The van der Waals surface area contributed by atoms with Crippen molar-refractivity contribution in [1.82, 2.24) is 14.9 Å². The summed E-state index contributed by atoms with van der Waals surface area (Å²) in [6.07, 6.45) is 3.37. The molecule has 0 aliphatic heterocycles. The van der Waals surface area contributed by atoms with Gasteiger partial charge in [-0.05, 0) is 24.3 Å². The van der Waals surface area contributed by atoms with E-state index < -0.39 is 12.0 Å². The van der Waals surface area contributed by atoms with Gasteiger partial charge in [0.25, 0.3) is 0 Å². The lowest BCUT2D eigenvalue weighted by atomic mass is 10.2. The maximum absolute atomic E-state index is 11.4. The zero-order valence-electron chi connectivity index (χ0n) is 11.6. The lowest BCUT2D eigenvalue weighted by Gasteiger charge is -2.27. The number of aliphatic carboxylic acids is 1. The van der Waals surface area contributed by atoms with Crippen LogP contribution in [0.2, 0.25) is 0 Å². The molecule has 110 valence electrons. The standard InChI is InChI=1S/C15H18N4O2/c16-9-14(15(20)21)19(10-12-5-1-3-7-17-12)11-13-6-2-4-8-18-13/h1-8,14H,9-11,16H2,(H,20,21). The molecular weight excluding hydrogens is 268 g/mol. The molecule has 2 aromatic heterocycles. The largest absolute Gasteiger partial charge is 0.480 e. The summed E-state index contributed by atoms with van der Waals surface area (Å²) in [6, 6.07) is 10.4. The third-order valence-corrected chi connectivity index (χ3v) is 3.13. The van der Waals surface area contributed by atoms with E-state index >= 15 is 0 Å². The fourth-order valence-corrected chi connectivity index (χ4v) is 2.08. The van der Waals surface area contributed by atoms with Gasteiger partial charge in [0.1, 0.15) is 6.04 Å². The van der Waals surface area contributed by atoms with Gasteiger partial charge in [-0.3, -0.25) is 19.7 Å². The SMILES string of the molecule is NCC(C(=O)O)N(Cc1ccccn1)Cc1ccccn1. The molecule has 6 heteroatoms. The second kappa shape index (κ2) is 7.47. The Bertz CT molecular complexity index is 521. The van der Waals surface area contributed by atoms with Crippen molar-refractivity contribution in [2.75, 3.05) is 6.54 Å². The molecule has 0 aliphatic carbocycles. The minimum absolute atomic E-state index is 0.0367. The number of rotatable bonds is 7. The van der Waals surface area contributed by atoms with Crippen LogP contribution in [0.15, 0.2) is 48.8 Å². The quantitative estimate of drug-likeness (QED) is 0.785. The average molecular weight is 286 g/mol. The summed E-state index contributed by atoms with van der Waals surface area (Å²) in [7, 11) is 0. The van der Waals surface area contributed by atoms with Crippen molar-refractivity contribution >= 4 is 5.97 Å². The summed E-state index contributed by atoms with van der Waals surface area (Å²) in [5.74, 6) is -0.940. The van der Waals surface area contributed by atoms with Crippen molar-refractivity contribution in [2.45, 2.75) is 19.1 Å². The van der Waals surface area contributed by atoms with E-state index in [1.165, 1.54) is 0 Å². The van der Waals surface area contributed by atoms with Gasteiger partial charge in [-0.15, -0.1) is 0 Å². The molecular formula is C15H18N4O2. The number of hydrogen-bond donors (Lipinski definition) is 2. The Balaban J connectivity index is 2.19. The number of carboxylic acids is 1. The third kappa shape index (κ3) is 4.34. The van der Waals surface area contributed by atoms with Crippen molar-refractivity contribution in [3.63, 3.8) is 0 Å². The third-order valence-electron chi connectivity index (χ3n) is 3.13. The molecule has 0 saturated heterocycles. The van der Waals surface area contributed by atoms with Crippen molar-refractivity contribution in [1.29, 1.82) is 0 Å². The van der Waals surface area contributed by atoms with Crippen LogP contribution in [0, 0.1) is 0 Å². The Morgan fingerprint density at radius 1 is 1.10 bits per heavy atom. The van der Waals surface area contributed by atoms with Gasteiger partial charge in [0.05, 0.1) is 11.4 Å². The second-order valence-electron chi connectivity index (χ2n) is 4.64. The normalized spacial score (nSPS) is 12.3. The fraction of sp³-hybridized carbons (Fsp3) is 0.267. The van der Waals surface area contributed by atoms with Crippen molar-refractivity contribution in [3.05, 3.63) is 60.2 Å². The van der Waals surface area contributed by atoms with Gasteiger partial charge in [-0.2, -0.15) is 0 Å². The summed E-state index contributed by atoms with van der Waals surface area (Å²) < 4.78 is 0. The minimum Gasteiger partial charge on any atom is -0.480 e. The molecule has 3 N–H and O–H groups in total. The van der Waals surface area contributed by atoms with Crippen LogP contribution in [0.3, 0.4) is 0 Å². The molecule has 0 radical (unpaired) electrons.